The van der Waals surface area contributed by atoms with Crippen LogP contribution in [0.5, 0.6) is 11.5 Å². The number of nitrogens with one attached hydrogen (secondary N) is 1. The fraction of sp³-hybridized carbons (Fsp3) is 0.565. The van der Waals surface area contributed by atoms with Crippen molar-refractivity contribution in [3.63, 3.8) is 0 Å². The van der Waals surface area contributed by atoms with E-state index >= 15 is 0 Å². The van der Waals surface area contributed by atoms with Gasteiger partial charge in [-0.25, -0.2) is 0 Å². The molecule has 1 aromatic carbocycles. The van der Waals surface area contributed by atoms with Crippen molar-refractivity contribution in [1.82, 2.24) is 20.0 Å². The molecular formula is C23H35N5O3. The Kier molecular flexibility index (Phi) is 8.58. The maximum Gasteiger partial charge on any atom is 0.194 e. The zero-order chi connectivity index (χ0) is 22.1. The summed E-state index contributed by atoms with van der Waals surface area (Å²) in [6.45, 7) is 11.0. The second kappa shape index (κ2) is 11.6. The summed E-state index contributed by atoms with van der Waals surface area (Å²) >= 11 is 0. The molecule has 0 spiro atoms. The molecule has 2 aromatic rings. The monoisotopic (exact) mass is 429 g/mol. The number of rotatable bonds is 9. The van der Waals surface area contributed by atoms with Crippen LogP contribution in [0.1, 0.15) is 38.0 Å². The third-order valence-corrected chi connectivity index (χ3v) is 5.07. The third-order valence-electron chi connectivity index (χ3n) is 5.07. The van der Waals surface area contributed by atoms with Crippen LogP contribution in [-0.2, 0) is 18.2 Å². The van der Waals surface area contributed by atoms with E-state index in [1.807, 2.05) is 44.0 Å². The fourth-order valence-corrected chi connectivity index (χ4v) is 3.62. The smallest absolute Gasteiger partial charge is 0.194 e. The topological polar surface area (TPSA) is 73.1 Å². The van der Waals surface area contributed by atoms with Gasteiger partial charge in [0, 0.05) is 38.4 Å². The first-order valence-corrected chi connectivity index (χ1v) is 11.2. The molecule has 8 nitrogen and oxygen atoms in total. The van der Waals surface area contributed by atoms with Gasteiger partial charge >= 0.3 is 0 Å². The zero-order valence-corrected chi connectivity index (χ0v) is 19.1. The molecule has 0 bridgehead atoms. The van der Waals surface area contributed by atoms with E-state index in [4.69, 9.17) is 19.2 Å². The number of nitrogens with zero attached hydrogens (tertiary/aromatic N) is 4. The number of benzene rings is 1. The van der Waals surface area contributed by atoms with Gasteiger partial charge in [0.2, 0.25) is 0 Å². The Labute approximate surface area is 185 Å². The van der Waals surface area contributed by atoms with Gasteiger partial charge < -0.3 is 24.4 Å². The third kappa shape index (κ3) is 6.37. The van der Waals surface area contributed by atoms with E-state index in [-0.39, 0.29) is 6.10 Å². The number of aromatic nitrogens is 2. The van der Waals surface area contributed by atoms with Crippen LogP contribution in [0, 0.1) is 0 Å². The molecule has 1 fully saturated rings. The van der Waals surface area contributed by atoms with Gasteiger partial charge in [0.1, 0.15) is 6.10 Å². The van der Waals surface area contributed by atoms with Gasteiger partial charge in [-0.05, 0) is 44.9 Å². The fourth-order valence-electron chi connectivity index (χ4n) is 3.62. The summed E-state index contributed by atoms with van der Waals surface area (Å²) in [5.74, 6) is 2.51. The summed E-state index contributed by atoms with van der Waals surface area (Å²) in [5.41, 5.74) is 2.28. The largest absolute Gasteiger partial charge is 0.490 e. The van der Waals surface area contributed by atoms with E-state index in [1.54, 1.807) is 0 Å². The molecule has 3 rings (SSSR count). The molecule has 2 heterocycles. The summed E-state index contributed by atoms with van der Waals surface area (Å²) in [6.07, 6.45) is 4.73. The van der Waals surface area contributed by atoms with Gasteiger partial charge in [0.05, 0.1) is 32.6 Å². The van der Waals surface area contributed by atoms with Crippen molar-refractivity contribution in [3.05, 3.63) is 41.7 Å². The average molecular weight is 430 g/mol. The normalized spacial score (nSPS) is 17.0. The van der Waals surface area contributed by atoms with Crippen LogP contribution in [0.25, 0.3) is 0 Å². The number of aryl methyl sites for hydroxylation is 1. The van der Waals surface area contributed by atoms with Crippen LogP contribution in [0.3, 0.4) is 0 Å². The molecule has 1 N–H and O–H groups in total. The Morgan fingerprint density at radius 2 is 2.03 bits per heavy atom. The van der Waals surface area contributed by atoms with E-state index < -0.39 is 0 Å². The molecule has 1 saturated heterocycles. The van der Waals surface area contributed by atoms with Gasteiger partial charge in [0.25, 0.3) is 0 Å². The second-order valence-electron chi connectivity index (χ2n) is 7.39. The molecule has 170 valence electrons. The molecule has 1 unspecified atom stereocenters. The first-order chi connectivity index (χ1) is 15.1. The van der Waals surface area contributed by atoms with E-state index in [2.05, 4.69) is 34.4 Å². The lowest BCUT2D eigenvalue weighted by Crippen LogP contribution is -2.48. The molecule has 1 aliphatic heterocycles. The SMILES string of the molecule is CCNC(=NCCc1ccc(OCC)c(OCC)c1)N1CCOC(c2cnn(C)c2)C1. The van der Waals surface area contributed by atoms with E-state index in [1.165, 1.54) is 5.56 Å². The summed E-state index contributed by atoms with van der Waals surface area (Å²) < 4.78 is 19.2. The van der Waals surface area contributed by atoms with E-state index in [9.17, 15) is 0 Å². The molecule has 0 saturated carbocycles. The van der Waals surface area contributed by atoms with Gasteiger partial charge in [-0.2, -0.15) is 5.10 Å². The predicted octanol–water partition coefficient (Wildman–Crippen LogP) is 2.80. The summed E-state index contributed by atoms with van der Waals surface area (Å²) in [5, 5.41) is 7.70. The first-order valence-electron chi connectivity index (χ1n) is 11.2. The maximum absolute atomic E-state index is 5.97. The van der Waals surface area contributed by atoms with Crippen LogP contribution in [0.4, 0.5) is 0 Å². The zero-order valence-electron chi connectivity index (χ0n) is 19.1. The number of hydrogen-bond acceptors (Lipinski definition) is 5. The highest BCUT2D eigenvalue weighted by molar-refractivity contribution is 5.80. The van der Waals surface area contributed by atoms with Crippen molar-refractivity contribution >= 4 is 5.96 Å². The van der Waals surface area contributed by atoms with Crippen LogP contribution in [-0.4, -0.2) is 66.6 Å². The van der Waals surface area contributed by atoms with Crippen molar-refractivity contribution in [2.45, 2.75) is 33.3 Å². The lowest BCUT2D eigenvalue weighted by molar-refractivity contribution is -0.00803. The number of guanidine groups is 1. The summed E-state index contributed by atoms with van der Waals surface area (Å²) in [6, 6.07) is 6.13. The van der Waals surface area contributed by atoms with Crippen LogP contribution in [0.15, 0.2) is 35.6 Å². The lowest BCUT2D eigenvalue weighted by Gasteiger charge is -2.34. The molecule has 1 aliphatic rings. The molecule has 1 atom stereocenters. The molecule has 0 radical (unpaired) electrons. The number of ether oxygens (including phenoxy) is 3. The van der Waals surface area contributed by atoms with Crippen molar-refractivity contribution < 1.29 is 14.2 Å². The van der Waals surface area contributed by atoms with Crippen molar-refractivity contribution in [2.24, 2.45) is 12.0 Å². The Morgan fingerprint density at radius 1 is 1.23 bits per heavy atom. The molecule has 1 aromatic heterocycles. The van der Waals surface area contributed by atoms with E-state index in [0.29, 0.717) is 26.4 Å². The first kappa shape index (κ1) is 22.9. The minimum atomic E-state index is 0.00571. The molecule has 31 heavy (non-hydrogen) atoms. The Morgan fingerprint density at radius 3 is 2.74 bits per heavy atom. The lowest BCUT2D eigenvalue weighted by atomic mass is 10.1. The van der Waals surface area contributed by atoms with Crippen molar-refractivity contribution in [2.75, 3.05) is 46.0 Å². The highest BCUT2D eigenvalue weighted by atomic mass is 16.5. The highest BCUT2D eigenvalue weighted by Gasteiger charge is 2.25. The Balaban J connectivity index is 1.64. The van der Waals surface area contributed by atoms with Crippen LogP contribution in [0.2, 0.25) is 0 Å². The van der Waals surface area contributed by atoms with Gasteiger partial charge in [0.15, 0.2) is 17.5 Å². The van der Waals surface area contributed by atoms with E-state index in [0.717, 1.165) is 49.1 Å². The molecular weight excluding hydrogens is 394 g/mol. The maximum atomic E-state index is 5.97. The second-order valence-corrected chi connectivity index (χ2v) is 7.39. The Bertz CT molecular complexity index is 851. The molecule has 0 amide bonds. The summed E-state index contributed by atoms with van der Waals surface area (Å²) in [4.78, 5) is 7.16. The predicted molar refractivity (Wildman–Crippen MR) is 122 cm³/mol. The van der Waals surface area contributed by atoms with Crippen LogP contribution < -0.4 is 14.8 Å². The number of hydrogen-bond donors (Lipinski definition) is 1. The van der Waals surface area contributed by atoms with Crippen molar-refractivity contribution in [1.29, 1.82) is 0 Å². The summed E-state index contributed by atoms with van der Waals surface area (Å²) in [7, 11) is 1.92. The standard InChI is InChI=1S/C23H35N5O3/c1-5-24-23(28-12-13-31-22(17-28)19-15-26-27(4)16-19)25-11-10-18-8-9-20(29-6-2)21(14-18)30-7-3/h8-9,14-16,22H,5-7,10-13,17H2,1-4H3,(H,24,25). The number of morpholine rings is 1. The minimum absolute atomic E-state index is 0.00571. The highest BCUT2D eigenvalue weighted by Crippen LogP contribution is 2.28. The molecule has 8 heteroatoms. The molecule has 0 aliphatic carbocycles. The quantitative estimate of drug-likeness (QED) is 0.488. The average Bonchev–Trinajstić information content (AvgIpc) is 3.22. The van der Waals surface area contributed by atoms with Crippen LogP contribution >= 0.6 is 0 Å². The van der Waals surface area contributed by atoms with Crippen molar-refractivity contribution in [3.8, 4) is 11.5 Å². The number of aliphatic imine (C=N–C) groups is 1. The van der Waals surface area contributed by atoms with Gasteiger partial charge in [-0.1, -0.05) is 6.07 Å². The van der Waals surface area contributed by atoms with Gasteiger partial charge in [-0.3, -0.25) is 9.67 Å². The Hall–Kier alpha value is -2.74. The minimum Gasteiger partial charge on any atom is -0.490 e. The van der Waals surface area contributed by atoms with Gasteiger partial charge in [-0.15, -0.1) is 0 Å².